The average Bonchev–Trinajstić information content (AvgIpc) is 2.88. The van der Waals surface area contributed by atoms with E-state index in [-0.39, 0.29) is 5.41 Å². The lowest BCUT2D eigenvalue weighted by molar-refractivity contribution is 0.204. The minimum Gasteiger partial charge on any atom is -0.396 e. The third-order valence-corrected chi connectivity index (χ3v) is 3.94. The zero-order valence-electron chi connectivity index (χ0n) is 9.29. The molecule has 2 aliphatic rings. The van der Waals surface area contributed by atoms with Crippen LogP contribution in [0.25, 0.3) is 0 Å². The summed E-state index contributed by atoms with van der Waals surface area (Å²) in [6.45, 7) is 4.80. The summed E-state index contributed by atoms with van der Waals surface area (Å²) >= 11 is 0. The van der Waals surface area contributed by atoms with Gasteiger partial charge >= 0.3 is 0 Å². The van der Waals surface area contributed by atoms with Crippen LogP contribution in [0.3, 0.4) is 0 Å². The van der Waals surface area contributed by atoms with Crippen molar-refractivity contribution in [2.24, 2.45) is 5.41 Å². The number of hydrogen-bond acceptors (Lipinski definition) is 3. The fourth-order valence-corrected chi connectivity index (χ4v) is 2.27. The molecular weight excluding hydrogens is 176 g/mol. The Morgan fingerprint density at radius 3 is 2.64 bits per heavy atom. The molecule has 0 bridgehead atoms. The summed E-state index contributed by atoms with van der Waals surface area (Å²) in [4.78, 5) is 2.40. The van der Waals surface area contributed by atoms with Crippen molar-refractivity contribution in [1.82, 2.24) is 10.2 Å². The molecule has 3 heteroatoms. The highest BCUT2D eigenvalue weighted by atomic mass is 16.3. The summed E-state index contributed by atoms with van der Waals surface area (Å²) in [6.07, 6.45) is 3.65. The Balaban J connectivity index is 1.72. The Morgan fingerprint density at radius 2 is 2.21 bits per heavy atom. The number of nitrogens with one attached hydrogen (secondary N) is 1. The fraction of sp³-hybridized carbons (Fsp3) is 1.00. The lowest BCUT2D eigenvalue weighted by Gasteiger charge is -2.17. The summed E-state index contributed by atoms with van der Waals surface area (Å²) in [5, 5.41) is 12.8. The van der Waals surface area contributed by atoms with Crippen LogP contribution in [0.2, 0.25) is 0 Å². The maximum absolute atomic E-state index is 9.18. The molecule has 0 radical (unpaired) electrons. The quantitative estimate of drug-likeness (QED) is 0.688. The van der Waals surface area contributed by atoms with Gasteiger partial charge in [-0.25, -0.2) is 0 Å². The van der Waals surface area contributed by atoms with Crippen LogP contribution in [0.5, 0.6) is 0 Å². The molecule has 2 N–H and O–H groups in total. The van der Waals surface area contributed by atoms with Crippen molar-refractivity contribution in [3.05, 3.63) is 0 Å². The average molecular weight is 198 g/mol. The molecule has 82 valence electrons. The van der Waals surface area contributed by atoms with E-state index in [2.05, 4.69) is 24.2 Å². The normalized spacial score (nSPS) is 36.2. The maximum atomic E-state index is 9.18. The van der Waals surface area contributed by atoms with Gasteiger partial charge in [-0.3, -0.25) is 0 Å². The van der Waals surface area contributed by atoms with Crippen molar-refractivity contribution in [3.8, 4) is 0 Å². The highest BCUT2D eigenvalue weighted by Gasteiger charge is 2.42. The second-order valence-corrected chi connectivity index (χ2v) is 5.26. The van der Waals surface area contributed by atoms with E-state index in [4.69, 9.17) is 0 Å². The van der Waals surface area contributed by atoms with Crippen molar-refractivity contribution in [3.63, 3.8) is 0 Å². The van der Waals surface area contributed by atoms with Crippen LogP contribution in [0.4, 0.5) is 0 Å². The Kier molecular flexibility index (Phi) is 2.82. The van der Waals surface area contributed by atoms with Crippen molar-refractivity contribution in [1.29, 1.82) is 0 Å². The molecule has 0 amide bonds. The molecule has 2 unspecified atom stereocenters. The van der Waals surface area contributed by atoms with Gasteiger partial charge in [0.05, 0.1) is 0 Å². The molecule has 2 atom stereocenters. The van der Waals surface area contributed by atoms with Crippen LogP contribution in [0.1, 0.15) is 26.2 Å². The predicted molar refractivity (Wildman–Crippen MR) is 57.3 cm³/mol. The van der Waals surface area contributed by atoms with E-state index in [9.17, 15) is 5.11 Å². The highest BCUT2D eigenvalue weighted by molar-refractivity contribution is 4.96. The monoisotopic (exact) mass is 198 g/mol. The topological polar surface area (TPSA) is 35.5 Å². The number of aliphatic hydroxyl groups excluding tert-OH is 1. The van der Waals surface area contributed by atoms with Gasteiger partial charge in [0, 0.05) is 37.2 Å². The molecule has 2 fully saturated rings. The van der Waals surface area contributed by atoms with Crippen LogP contribution in [0.15, 0.2) is 0 Å². The Bertz CT molecular complexity index is 193. The second-order valence-electron chi connectivity index (χ2n) is 5.26. The lowest BCUT2D eigenvalue weighted by atomic mass is 10.1. The predicted octanol–water partition coefficient (Wildman–Crippen LogP) is 0.441. The standard InChI is InChI=1S/C11H22N2O/c1-9-5-10(6-13(9)2)12-7-11(8-14)3-4-11/h9-10,12,14H,3-8H2,1-2H3. The van der Waals surface area contributed by atoms with Crippen molar-refractivity contribution in [2.75, 3.05) is 26.7 Å². The Labute approximate surface area is 86.5 Å². The zero-order chi connectivity index (χ0) is 10.2. The van der Waals surface area contributed by atoms with Crippen LogP contribution in [-0.4, -0.2) is 48.8 Å². The number of rotatable bonds is 4. The van der Waals surface area contributed by atoms with E-state index in [1.54, 1.807) is 0 Å². The van der Waals surface area contributed by atoms with Crippen LogP contribution >= 0.6 is 0 Å². The van der Waals surface area contributed by atoms with Gasteiger partial charge in [0.25, 0.3) is 0 Å². The molecule has 1 saturated heterocycles. The van der Waals surface area contributed by atoms with E-state index in [1.807, 2.05) is 0 Å². The summed E-state index contributed by atoms with van der Waals surface area (Å²) in [6, 6.07) is 1.34. The first kappa shape index (κ1) is 10.4. The molecule has 2 rings (SSSR count). The van der Waals surface area contributed by atoms with Crippen LogP contribution in [0, 0.1) is 5.41 Å². The molecular formula is C11H22N2O. The van der Waals surface area contributed by atoms with Crippen molar-refractivity contribution >= 4 is 0 Å². The van der Waals surface area contributed by atoms with Gasteiger partial charge in [-0.05, 0) is 33.2 Å². The third kappa shape index (κ3) is 2.10. The molecule has 0 aromatic carbocycles. The second kappa shape index (κ2) is 3.80. The van der Waals surface area contributed by atoms with E-state index in [0.29, 0.717) is 18.7 Å². The van der Waals surface area contributed by atoms with E-state index >= 15 is 0 Å². The Hall–Kier alpha value is -0.120. The Morgan fingerprint density at radius 1 is 1.50 bits per heavy atom. The molecule has 1 saturated carbocycles. The molecule has 1 aliphatic heterocycles. The van der Waals surface area contributed by atoms with Crippen LogP contribution < -0.4 is 5.32 Å². The largest absolute Gasteiger partial charge is 0.396 e. The molecule has 0 spiro atoms. The first-order chi connectivity index (χ1) is 6.65. The smallest absolute Gasteiger partial charge is 0.0499 e. The van der Waals surface area contributed by atoms with Crippen molar-refractivity contribution in [2.45, 2.75) is 38.3 Å². The molecule has 3 nitrogen and oxygen atoms in total. The maximum Gasteiger partial charge on any atom is 0.0499 e. The summed E-state index contributed by atoms with van der Waals surface area (Å²) in [5.41, 5.74) is 0.254. The first-order valence-corrected chi connectivity index (χ1v) is 5.70. The van der Waals surface area contributed by atoms with Gasteiger partial charge in [-0.15, -0.1) is 0 Å². The number of hydrogen-bond donors (Lipinski definition) is 2. The number of nitrogens with zero attached hydrogens (tertiary/aromatic N) is 1. The fourth-order valence-electron chi connectivity index (χ4n) is 2.27. The summed E-state index contributed by atoms with van der Waals surface area (Å²) < 4.78 is 0. The van der Waals surface area contributed by atoms with Gasteiger partial charge in [-0.2, -0.15) is 0 Å². The minimum atomic E-state index is 0.254. The summed E-state index contributed by atoms with van der Waals surface area (Å²) in [5.74, 6) is 0. The van der Waals surface area contributed by atoms with Gasteiger partial charge in [0.2, 0.25) is 0 Å². The molecule has 1 aliphatic carbocycles. The lowest BCUT2D eigenvalue weighted by Crippen LogP contribution is -2.36. The summed E-state index contributed by atoms with van der Waals surface area (Å²) in [7, 11) is 2.19. The number of likely N-dealkylation sites (tertiary alicyclic amines) is 1. The number of likely N-dealkylation sites (N-methyl/N-ethyl adjacent to an activating group) is 1. The van der Waals surface area contributed by atoms with Gasteiger partial charge in [0.15, 0.2) is 0 Å². The van der Waals surface area contributed by atoms with Gasteiger partial charge in [-0.1, -0.05) is 0 Å². The number of aliphatic hydroxyl groups is 1. The first-order valence-electron chi connectivity index (χ1n) is 5.70. The third-order valence-electron chi connectivity index (χ3n) is 3.94. The van der Waals surface area contributed by atoms with Crippen molar-refractivity contribution < 1.29 is 5.11 Å². The molecule has 0 aromatic heterocycles. The van der Waals surface area contributed by atoms with E-state index in [0.717, 1.165) is 13.1 Å². The minimum absolute atomic E-state index is 0.254. The van der Waals surface area contributed by atoms with Crippen LogP contribution in [-0.2, 0) is 0 Å². The molecule has 1 heterocycles. The van der Waals surface area contributed by atoms with Gasteiger partial charge in [0.1, 0.15) is 0 Å². The van der Waals surface area contributed by atoms with E-state index < -0.39 is 0 Å². The highest BCUT2D eigenvalue weighted by Crippen LogP contribution is 2.44. The molecule has 0 aromatic rings. The zero-order valence-corrected chi connectivity index (χ0v) is 9.29. The SMILES string of the molecule is CC1CC(NCC2(CO)CC2)CN1C. The van der Waals surface area contributed by atoms with E-state index in [1.165, 1.54) is 19.3 Å². The van der Waals surface area contributed by atoms with Gasteiger partial charge < -0.3 is 15.3 Å². The molecule has 14 heavy (non-hydrogen) atoms.